The molecule has 1 aliphatic rings. The average Bonchev–Trinajstić information content (AvgIpc) is 3.06. The summed E-state index contributed by atoms with van der Waals surface area (Å²) in [5.74, 6) is -0.600. The Morgan fingerprint density at radius 2 is 2.21 bits per heavy atom. The Bertz CT molecular complexity index is 971. The molecule has 1 atom stereocenters. The van der Waals surface area contributed by atoms with Crippen LogP contribution >= 0.6 is 11.6 Å². The van der Waals surface area contributed by atoms with Crippen LogP contribution in [-0.4, -0.2) is 33.5 Å². The van der Waals surface area contributed by atoms with E-state index >= 15 is 0 Å². The number of hydrogen-bond donors (Lipinski definition) is 1. The molecule has 1 amide bonds. The number of nitrogens with zero attached hydrogens (tertiary/aromatic N) is 4. The SMILES string of the molecule is Bc1ccc2c(c1)C(c1nc(Cl)nc3nn(CCC)cc13)C(=O)N2. The largest absolute Gasteiger partial charge is 0.325 e. The zero-order valence-corrected chi connectivity index (χ0v) is 14.1. The zero-order chi connectivity index (χ0) is 16.8. The van der Waals surface area contributed by atoms with E-state index in [0.717, 1.165) is 35.1 Å². The Hall–Kier alpha value is -2.41. The van der Waals surface area contributed by atoms with Crippen molar-refractivity contribution in [1.29, 1.82) is 0 Å². The molecule has 2 aromatic heterocycles. The summed E-state index contributed by atoms with van der Waals surface area (Å²) < 4.78 is 1.82. The minimum Gasteiger partial charge on any atom is -0.325 e. The highest BCUT2D eigenvalue weighted by atomic mass is 35.5. The molecule has 1 N–H and O–H groups in total. The quantitative estimate of drug-likeness (QED) is 0.575. The van der Waals surface area contributed by atoms with Crippen molar-refractivity contribution in [3.63, 3.8) is 0 Å². The van der Waals surface area contributed by atoms with Crippen molar-refractivity contribution in [2.75, 3.05) is 5.32 Å². The van der Waals surface area contributed by atoms with Gasteiger partial charge in [-0.05, 0) is 29.7 Å². The maximum Gasteiger partial charge on any atom is 0.238 e. The number of nitrogens with one attached hydrogen (secondary N) is 1. The number of carbonyl (C=O) groups excluding carboxylic acids is 1. The lowest BCUT2D eigenvalue weighted by Crippen LogP contribution is -2.15. The van der Waals surface area contributed by atoms with Gasteiger partial charge in [0.2, 0.25) is 11.2 Å². The van der Waals surface area contributed by atoms with Gasteiger partial charge in [-0.3, -0.25) is 9.48 Å². The van der Waals surface area contributed by atoms with Crippen LogP contribution in [0.25, 0.3) is 11.0 Å². The van der Waals surface area contributed by atoms with Gasteiger partial charge in [0, 0.05) is 18.4 Å². The maximum absolute atomic E-state index is 12.6. The number of amides is 1. The van der Waals surface area contributed by atoms with Gasteiger partial charge in [-0.2, -0.15) is 10.1 Å². The minimum absolute atomic E-state index is 0.102. The van der Waals surface area contributed by atoms with Gasteiger partial charge < -0.3 is 5.32 Å². The van der Waals surface area contributed by atoms with Gasteiger partial charge in [0.05, 0.1) is 11.1 Å². The number of rotatable bonds is 3. The van der Waals surface area contributed by atoms with Crippen molar-refractivity contribution in [3.05, 3.63) is 40.9 Å². The molecule has 1 aliphatic heterocycles. The molecular weight excluding hydrogens is 324 g/mol. The topological polar surface area (TPSA) is 72.7 Å². The fourth-order valence-corrected chi connectivity index (χ4v) is 3.33. The van der Waals surface area contributed by atoms with Gasteiger partial charge in [0.1, 0.15) is 13.8 Å². The highest BCUT2D eigenvalue weighted by Gasteiger charge is 2.35. The van der Waals surface area contributed by atoms with Crippen molar-refractivity contribution in [2.24, 2.45) is 0 Å². The molecule has 0 saturated carbocycles. The van der Waals surface area contributed by atoms with Crippen LogP contribution in [0.1, 0.15) is 30.5 Å². The average molecular weight is 340 g/mol. The molecule has 0 radical (unpaired) electrons. The van der Waals surface area contributed by atoms with Crippen LogP contribution in [0.4, 0.5) is 5.69 Å². The molecule has 0 bridgehead atoms. The first-order valence-corrected chi connectivity index (χ1v) is 8.26. The Balaban J connectivity index is 1.93. The number of hydrogen-bond acceptors (Lipinski definition) is 4. The first-order valence-electron chi connectivity index (χ1n) is 7.89. The van der Waals surface area contributed by atoms with E-state index in [9.17, 15) is 4.79 Å². The molecule has 4 rings (SSSR count). The molecule has 3 heterocycles. The van der Waals surface area contributed by atoms with E-state index in [0.29, 0.717) is 11.3 Å². The highest BCUT2D eigenvalue weighted by Crippen LogP contribution is 2.38. The molecule has 1 unspecified atom stereocenters. The van der Waals surface area contributed by atoms with Crippen molar-refractivity contribution in [3.8, 4) is 0 Å². The number of benzene rings is 1. The maximum atomic E-state index is 12.6. The van der Waals surface area contributed by atoms with E-state index in [-0.39, 0.29) is 11.2 Å². The third-order valence-corrected chi connectivity index (χ3v) is 4.36. The second-order valence-corrected chi connectivity index (χ2v) is 6.36. The Kier molecular flexibility index (Phi) is 3.53. The standard InChI is InChI=1S/C16H15BClN5O/c1-2-5-23-7-10-13(20-16(18)21-14(10)22-23)12-9-6-8(17)3-4-11(9)19-15(12)24/h3-4,6-7,12H,2,5,17H2,1H3,(H,19,24). The molecular formula is C16H15BClN5O. The predicted octanol–water partition coefficient (Wildman–Crippen LogP) is 1.23. The minimum atomic E-state index is -0.498. The van der Waals surface area contributed by atoms with Crippen molar-refractivity contribution in [2.45, 2.75) is 25.8 Å². The molecule has 8 heteroatoms. The lowest BCUT2D eigenvalue weighted by molar-refractivity contribution is -0.116. The third kappa shape index (κ3) is 2.36. The summed E-state index contributed by atoms with van der Waals surface area (Å²) >= 11 is 6.09. The molecule has 6 nitrogen and oxygen atoms in total. The van der Waals surface area contributed by atoms with Crippen LogP contribution in [-0.2, 0) is 11.3 Å². The molecule has 120 valence electrons. The fourth-order valence-electron chi connectivity index (χ4n) is 3.16. The number of fused-ring (bicyclic) bond motifs is 2. The number of anilines is 1. The number of halogens is 1. The fraction of sp³-hybridized carbons (Fsp3) is 0.250. The van der Waals surface area contributed by atoms with Crippen LogP contribution in [0.2, 0.25) is 5.28 Å². The summed E-state index contributed by atoms with van der Waals surface area (Å²) in [4.78, 5) is 21.2. The molecule has 0 saturated heterocycles. The van der Waals surface area contributed by atoms with Gasteiger partial charge in [-0.25, -0.2) is 4.98 Å². The predicted molar refractivity (Wildman–Crippen MR) is 95.7 cm³/mol. The number of aromatic nitrogens is 4. The van der Waals surface area contributed by atoms with Crippen molar-refractivity contribution >= 4 is 47.5 Å². The van der Waals surface area contributed by atoms with Gasteiger partial charge in [-0.1, -0.05) is 24.5 Å². The van der Waals surface area contributed by atoms with Crippen LogP contribution in [0.15, 0.2) is 24.4 Å². The summed E-state index contributed by atoms with van der Waals surface area (Å²) in [7, 11) is 2.00. The Morgan fingerprint density at radius 1 is 1.38 bits per heavy atom. The Morgan fingerprint density at radius 3 is 3.00 bits per heavy atom. The third-order valence-electron chi connectivity index (χ3n) is 4.19. The van der Waals surface area contributed by atoms with E-state index in [1.165, 1.54) is 0 Å². The van der Waals surface area contributed by atoms with E-state index in [1.807, 2.05) is 36.9 Å². The Labute approximate surface area is 144 Å². The smallest absolute Gasteiger partial charge is 0.238 e. The molecule has 24 heavy (non-hydrogen) atoms. The first kappa shape index (κ1) is 15.1. The van der Waals surface area contributed by atoms with E-state index < -0.39 is 5.92 Å². The van der Waals surface area contributed by atoms with E-state index in [4.69, 9.17) is 11.6 Å². The van der Waals surface area contributed by atoms with Crippen molar-refractivity contribution < 1.29 is 4.79 Å². The van der Waals surface area contributed by atoms with Crippen LogP contribution in [0.5, 0.6) is 0 Å². The summed E-state index contributed by atoms with van der Waals surface area (Å²) in [5, 5.41) is 8.23. The molecule has 0 spiro atoms. The molecule has 3 aromatic rings. The second-order valence-electron chi connectivity index (χ2n) is 6.02. The summed E-state index contributed by atoms with van der Waals surface area (Å²) in [6, 6.07) is 5.91. The summed E-state index contributed by atoms with van der Waals surface area (Å²) in [6.45, 7) is 2.86. The van der Waals surface area contributed by atoms with Crippen LogP contribution in [0, 0.1) is 0 Å². The van der Waals surface area contributed by atoms with Gasteiger partial charge >= 0.3 is 0 Å². The summed E-state index contributed by atoms with van der Waals surface area (Å²) in [5.41, 5.74) is 3.95. The molecule has 1 aromatic carbocycles. The zero-order valence-electron chi connectivity index (χ0n) is 13.4. The molecule has 0 aliphatic carbocycles. The van der Waals surface area contributed by atoms with Gasteiger partial charge in [0.25, 0.3) is 0 Å². The monoisotopic (exact) mass is 339 g/mol. The van der Waals surface area contributed by atoms with E-state index in [1.54, 1.807) is 0 Å². The number of carbonyl (C=O) groups is 1. The lowest BCUT2D eigenvalue weighted by atomic mass is 9.88. The summed E-state index contributed by atoms with van der Waals surface area (Å²) in [6.07, 6.45) is 2.85. The highest BCUT2D eigenvalue weighted by molar-refractivity contribution is 6.32. The molecule has 0 fully saturated rings. The first-order chi connectivity index (χ1) is 11.6. The number of aryl methyl sites for hydroxylation is 1. The van der Waals surface area contributed by atoms with Crippen molar-refractivity contribution in [1.82, 2.24) is 19.7 Å². The second kappa shape index (κ2) is 5.59. The van der Waals surface area contributed by atoms with Gasteiger partial charge in [0.15, 0.2) is 5.65 Å². The van der Waals surface area contributed by atoms with Gasteiger partial charge in [-0.15, -0.1) is 0 Å². The lowest BCUT2D eigenvalue weighted by Gasteiger charge is -2.10. The van der Waals surface area contributed by atoms with E-state index in [2.05, 4.69) is 27.3 Å². The van der Waals surface area contributed by atoms with Crippen LogP contribution < -0.4 is 10.8 Å². The van der Waals surface area contributed by atoms with Crippen LogP contribution in [0.3, 0.4) is 0 Å². The normalized spacial score (nSPS) is 16.4.